The number of fused-ring (bicyclic) bond motifs is 1. The summed E-state index contributed by atoms with van der Waals surface area (Å²) in [5, 5.41) is 4.63. The quantitative estimate of drug-likeness (QED) is 0.861. The van der Waals surface area contributed by atoms with Gasteiger partial charge in [0.25, 0.3) is 5.91 Å². The molecule has 2 aliphatic rings. The number of carbonyl (C=O) groups excluding carboxylic acids is 2. The van der Waals surface area contributed by atoms with Gasteiger partial charge in [-0.3, -0.25) is 9.59 Å². The molecule has 100 valence electrons. The molecule has 0 spiro atoms. The monoisotopic (exact) mass is 284 g/mol. The van der Waals surface area contributed by atoms with Gasteiger partial charge < -0.3 is 5.32 Å². The first kappa shape index (κ1) is 12.7. The predicted molar refractivity (Wildman–Crippen MR) is 78.7 cm³/mol. The molecule has 1 aliphatic carbocycles. The van der Waals surface area contributed by atoms with Gasteiger partial charge in [0.05, 0.1) is 10.6 Å². The van der Waals surface area contributed by atoms with Crippen LogP contribution in [0.5, 0.6) is 0 Å². The van der Waals surface area contributed by atoms with Crippen LogP contribution in [0.4, 0.5) is 0 Å². The lowest BCUT2D eigenvalue weighted by molar-refractivity contribution is -0.116. The van der Waals surface area contributed by atoms with E-state index < -0.39 is 0 Å². The van der Waals surface area contributed by atoms with Gasteiger partial charge in [0, 0.05) is 17.7 Å². The second kappa shape index (κ2) is 5.02. The van der Waals surface area contributed by atoms with Crippen LogP contribution in [-0.4, -0.2) is 17.5 Å². The Morgan fingerprint density at radius 1 is 1.40 bits per heavy atom. The summed E-state index contributed by atoms with van der Waals surface area (Å²) in [7, 11) is 0. The van der Waals surface area contributed by atoms with E-state index in [0.29, 0.717) is 10.6 Å². The van der Waals surface area contributed by atoms with Crippen molar-refractivity contribution in [1.29, 1.82) is 0 Å². The Bertz CT molecular complexity index is 693. The smallest absolute Gasteiger partial charge is 0.287 e. The first-order valence-corrected chi connectivity index (χ1v) is 7.07. The van der Waals surface area contributed by atoms with Crippen LogP contribution >= 0.6 is 11.3 Å². The summed E-state index contributed by atoms with van der Waals surface area (Å²) in [5.41, 5.74) is 2.32. The molecule has 2 heterocycles. The van der Waals surface area contributed by atoms with E-state index in [1.54, 1.807) is 18.2 Å². The summed E-state index contributed by atoms with van der Waals surface area (Å²) in [6.45, 7) is 1.92. The topological polar surface area (TPSA) is 58.5 Å². The van der Waals surface area contributed by atoms with Gasteiger partial charge >= 0.3 is 0 Å². The van der Waals surface area contributed by atoms with Crippen LogP contribution < -0.4 is 5.32 Å². The van der Waals surface area contributed by atoms with Crippen molar-refractivity contribution >= 4 is 28.9 Å². The molecule has 1 atom stereocenters. The van der Waals surface area contributed by atoms with Crippen molar-refractivity contribution in [2.75, 3.05) is 0 Å². The van der Waals surface area contributed by atoms with E-state index in [9.17, 15) is 9.59 Å². The maximum absolute atomic E-state index is 11.9. The van der Waals surface area contributed by atoms with E-state index in [0.717, 1.165) is 11.3 Å². The van der Waals surface area contributed by atoms with Gasteiger partial charge in [-0.25, -0.2) is 4.99 Å². The highest BCUT2D eigenvalue weighted by Crippen LogP contribution is 2.26. The molecule has 1 unspecified atom stereocenters. The van der Waals surface area contributed by atoms with E-state index in [-0.39, 0.29) is 17.7 Å². The normalized spacial score (nSPS) is 22.9. The van der Waals surface area contributed by atoms with Gasteiger partial charge in [0.15, 0.2) is 0 Å². The van der Waals surface area contributed by atoms with Crippen molar-refractivity contribution in [1.82, 2.24) is 5.32 Å². The molecule has 3 rings (SSSR count). The van der Waals surface area contributed by atoms with E-state index in [2.05, 4.69) is 10.3 Å². The van der Waals surface area contributed by atoms with Crippen LogP contribution in [0.1, 0.15) is 16.6 Å². The van der Waals surface area contributed by atoms with Gasteiger partial charge in [-0.05, 0) is 30.5 Å². The molecule has 0 bridgehead atoms. The first-order chi connectivity index (χ1) is 9.63. The Morgan fingerprint density at radius 2 is 2.25 bits per heavy atom. The fraction of sp³-hybridized carbons (Fsp3) is 0.133. The van der Waals surface area contributed by atoms with Crippen LogP contribution in [-0.2, 0) is 4.79 Å². The molecule has 4 nitrogen and oxygen atoms in total. The number of nitrogens with one attached hydrogen (secondary N) is 1. The molecule has 20 heavy (non-hydrogen) atoms. The van der Waals surface area contributed by atoms with Crippen molar-refractivity contribution < 1.29 is 9.59 Å². The van der Waals surface area contributed by atoms with Crippen molar-refractivity contribution in [3.63, 3.8) is 0 Å². The number of allylic oxidation sites excluding steroid dienone is 3. The molecule has 0 saturated heterocycles. The second-order valence-electron chi connectivity index (χ2n) is 4.63. The number of rotatable bonds is 1. The number of hydrogen-bond acceptors (Lipinski definition) is 3. The molecule has 1 aromatic rings. The van der Waals surface area contributed by atoms with E-state index in [4.69, 9.17) is 0 Å². The minimum Gasteiger partial charge on any atom is -0.325 e. The van der Waals surface area contributed by atoms with E-state index >= 15 is 0 Å². The van der Waals surface area contributed by atoms with Crippen LogP contribution in [0.25, 0.3) is 0 Å². The molecule has 0 radical (unpaired) electrons. The summed E-state index contributed by atoms with van der Waals surface area (Å²) in [4.78, 5) is 28.1. The van der Waals surface area contributed by atoms with E-state index in [1.165, 1.54) is 11.3 Å². The first-order valence-electron chi connectivity index (χ1n) is 6.19. The number of thiophene rings is 1. The predicted octanol–water partition coefficient (Wildman–Crippen LogP) is 2.48. The van der Waals surface area contributed by atoms with Gasteiger partial charge in [-0.1, -0.05) is 17.7 Å². The number of amides is 2. The van der Waals surface area contributed by atoms with Gasteiger partial charge in [-0.15, -0.1) is 11.3 Å². The van der Waals surface area contributed by atoms with Crippen LogP contribution in [0.3, 0.4) is 0 Å². The molecule has 0 aromatic carbocycles. The third-order valence-electron chi connectivity index (χ3n) is 3.18. The number of aliphatic imine (C=N–C) groups is 1. The highest BCUT2D eigenvalue weighted by Gasteiger charge is 2.23. The minimum absolute atomic E-state index is 0.0727. The number of carbonyl (C=O) groups is 2. The Labute approximate surface area is 120 Å². The van der Waals surface area contributed by atoms with Crippen LogP contribution in [0.15, 0.2) is 58.1 Å². The fourth-order valence-corrected chi connectivity index (χ4v) is 2.83. The highest BCUT2D eigenvalue weighted by molar-refractivity contribution is 7.12. The van der Waals surface area contributed by atoms with Gasteiger partial charge in [-0.2, -0.15) is 0 Å². The number of nitrogens with zero attached hydrogens (tertiary/aromatic N) is 1. The lowest BCUT2D eigenvalue weighted by atomic mass is 9.89. The Hall–Kier alpha value is -2.27. The van der Waals surface area contributed by atoms with Gasteiger partial charge in [0.1, 0.15) is 0 Å². The molecule has 1 aromatic heterocycles. The van der Waals surface area contributed by atoms with Crippen molar-refractivity contribution in [3.8, 4) is 0 Å². The van der Waals surface area contributed by atoms with Crippen molar-refractivity contribution in [2.24, 2.45) is 10.9 Å². The molecule has 1 N–H and O–H groups in total. The Morgan fingerprint density at radius 3 is 3.00 bits per heavy atom. The lowest BCUT2D eigenvalue weighted by Gasteiger charge is -2.25. The SMILES string of the molecule is CC1=CC(=O)NC2=CC(=NC(=O)c3cccs3)C=CC12. The lowest BCUT2D eigenvalue weighted by Crippen LogP contribution is -2.32. The Kier molecular flexibility index (Phi) is 3.20. The maximum atomic E-state index is 11.9. The molecule has 2 amide bonds. The summed E-state index contributed by atoms with van der Waals surface area (Å²) >= 11 is 1.36. The summed E-state index contributed by atoms with van der Waals surface area (Å²) in [6, 6.07) is 3.56. The molecule has 0 fully saturated rings. The summed E-state index contributed by atoms with van der Waals surface area (Å²) < 4.78 is 0. The third kappa shape index (κ3) is 2.40. The average Bonchev–Trinajstić information content (AvgIpc) is 2.91. The summed E-state index contributed by atoms with van der Waals surface area (Å²) in [5.74, 6) is -0.322. The second-order valence-corrected chi connectivity index (χ2v) is 5.58. The maximum Gasteiger partial charge on any atom is 0.287 e. The average molecular weight is 284 g/mol. The molecular formula is C15H12N2O2S. The zero-order valence-electron chi connectivity index (χ0n) is 10.8. The molecule has 5 heteroatoms. The highest BCUT2D eigenvalue weighted by atomic mass is 32.1. The molecule has 0 saturated carbocycles. The van der Waals surface area contributed by atoms with Crippen LogP contribution in [0, 0.1) is 5.92 Å². The van der Waals surface area contributed by atoms with Gasteiger partial charge in [0.2, 0.25) is 5.91 Å². The van der Waals surface area contributed by atoms with Crippen molar-refractivity contribution in [3.05, 3.63) is 58.0 Å². The van der Waals surface area contributed by atoms with E-state index in [1.807, 2.05) is 30.5 Å². The molecular weight excluding hydrogens is 272 g/mol. The third-order valence-corrected chi connectivity index (χ3v) is 4.04. The largest absolute Gasteiger partial charge is 0.325 e. The Balaban J connectivity index is 1.88. The minimum atomic E-state index is -0.260. The zero-order chi connectivity index (χ0) is 14.1. The standard InChI is InChI=1S/C15H12N2O2S/c1-9-7-14(18)17-12-8-10(4-5-11(9)12)16-15(19)13-3-2-6-20-13/h2-8,11H,1H3,(H,17,18). The summed E-state index contributed by atoms with van der Waals surface area (Å²) in [6.07, 6.45) is 7.10. The molecule has 1 aliphatic heterocycles. The van der Waals surface area contributed by atoms with Crippen molar-refractivity contribution in [2.45, 2.75) is 6.92 Å². The zero-order valence-corrected chi connectivity index (χ0v) is 11.6. The fourth-order valence-electron chi connectivity index (χ4n) is 2.22. The number of hydrogen-bond donors (Lipinski definition) is 1. The van der Waals surface area contributed by atoms with Crippen LogP contribution in [0.2, 0.25) is 0 Å².